The summed E-state index contributed by atoms with van der Waals surface area (Å²) in [5, 5.41) is 13.0. The van der Waals surface area contributed by atoms with Crippen molar-refractivity contribution < 1.29 is 0 Å². The van der Waals surface area contributed by atoms with E-state index in [0.29, 0.717) is 16.6 Å². The zero-order valence-electron chi connectivity index (χ0n) is 10.0. The molecule has 1 N–H and O–H groups in total. The highest BCUT2D eigenvalue weighted by Crippen LogP contribution is 2.36. The standard InChI is InChI=1S/C14H17ClN2/c1-2-3-14(10-4-5-10)17-12-6-7-13(15)11(8-12)9-16/h6-8,10,14,17H,2-5H2,1H3. The second-order valence-electron chi connectivity index (χ2n) is 4.68. The van der Waals surface area contributed by atoms with Gasteiger partial charge in [0.25, 0.3) is 0 Å². The van der Waals surface area contributed by atoms with Crippen LogP contribution < -0.4 is 5.32 Å². The van der Waals surface area contributed by atoms with Crippen molar-refractivity contribution in [2.24, 2.45) is 5.92 Å². The van der Waals surface area contributed by atoms with E-state index in [1.807, 2.05) is 12.1 Å². The summed E-state index contributed by atoms with van der Waals surface area (Å²) in [4.78, 5) is 0. The SMILES string of the molecule is CCCC(Nc1ccc(Cl)c(C#N)c1)C1CC1. The predicted octanol–water partition coefficient (Wildman–Crippen LogP) is 4.20. The molecule has 0 radical (unpaired) electrons. The van der Waals surface area contributed by atoms with Gasteiger partial charge in [-0.25, -0.2) is 0 Å². The van der Waals surface area contributed by atoms with Crippen LogP contribution in [0.5, 0.6) is 0 Å². The van der Waals surface area contributed by atoms with Crippen LogP contribution in [-0.2, 0) is 0 Å². The first-order valence-electron chi connectivity index (χ1n) is 6.20. The maximum atomic E-state index is 8.94. The molecule has 0 aromatic heterocycles. The van der Waals surface area contributed by atoms with Crippen molar-refractivity contribution in [3.8, 4) is 6.07 Å². The Morgan fingerprint density at radius 2 is 2.29 bits per heavy atom. The molecule has 1 aromatic carbocycles. The van der Waals surface area contributed by atoms with E-state index >= 15 is 0 Å². The van der Waals surface area contributed by atoms with Crippen LogP contribution in [0.3, 0.4) is 0 Å². The van der Waals surface area contributed by atoms with Gasteiger partial charge >= 0.3 is 0 Å². The van der Waals surface area contributed by atoms with Crippen molar-refractivity contribution >= 4 is 17.3 Å². The van der Waals surface area contributed by atoms with Gasteiger partial charge in [-0.15, -0.1) is 0 Å². The van der Waals surface area contributed by atoms with Crippen LogP contribution in [0.4, 0.5) is 5.69 Å². The number of hydrogen-bond acceptors (Lipinski definition) is 2. The molecule has 0 saturated heterocycles. The van der Waals surface area contributed by atoms with Crippen LogP contribution in [0.1, 0.15) is 38.2 Å². The molecule has 2 nitrogen and oxygen atoms in total. The first-order valence-corrected chi connectivity index (χ1v) is 6.58. The number of anilines is 1. The molecule has 2 rings (SSSR count). The van der Waals surface area contributed by atoms with Gasteiger partial charge < -0.3 is 5.32 Å². The third kappa shape index (κ3) is 3.14. The van der Waals surface area contributed by atoms with E-state index in [0.717, 1.165) is 11.6 Å². The number of hydrogen-bond donors (Lipinski definition) is 1. The van der Waals surface area contributed by atoms with E-state index in [4.69, 9.17) is 16.9 Å². The number of nitrogens with zero attached hydrogens (tertiary/aromatic N) is 1. The second-order valence-corrected chi connectivity index (χ2v) is 5.09. The minimum absolute atomic E-state index is 0.525. The minimum atomic E-state index is 0.525. The molecule has 1 fully saturated rings. The van der Waals surface area contributed by atoms with E-state index in [9.17, 15) is 0 Å². The Balaban J connectivity index is 2.09. The predicted molar refractivity (Wildman–Crippen MR) is 71.2 cm³/mol. The van der Waals surface area contributed by atoms with Crippen LogP contribution in [0.25, 0.3) is 0 Å². The van der Waals surface area contributed by atoms with Crippen molar-refractivity contribution in [3.63, 3.8) is 0 Å². The molecule has 0 amide bonds. The smallest absolute Gasteiger partial charge is 0.101 e. The third-order valence-electron chi connectivity index (χ3n) is 3.23. The first kappa shape index (κ1) is 12.3. The van der Waals surface area contributed by atoms with Crippen molar-refractivity contribution in [2.45, 2.75) is 38.6 Å². The monoisotopic (exact) mass is 248 g/mol. The highest BCUT2D eigenvalue weighted by molar-refractivity contribution is 6.31. The minimum Gasteiger partial charge on any atom is -0.382 e. The molecule has 1 aromatic rings. The Hall–Kier alpha value is -1.20. The largest absolute Gasteiger partial charge is 0.382 e. The quantitative estimate of drug-likeness (QED) is 0.848. The summed E-state index contributed by atoms with van der Waals surface area (Å²) in [6, 6.07) is 8.25. The van der Waals surface area contributed by atoms with E-state index in [1.54, 1.807) is 6.07 Å². The molecule has 1 saturated carbocycles. The van der Waals surface area contributed by atoms with Gasteiger partial charge in [-0.1, -0.05) is 24.9 Å². The van der Waals surface area contributed by atoms with Crippen LogP contribution >= 0.6 is 11.6 Å². The lowest BCUT2D eigenvalue weighted by atomic mass is 10.1. The highest BCUT2D eigenvalue weighted by atomic mass is 35.5. The van der Waals surface area contributed by atoms with Gasteiger partial charge in [-0.3, -0.25) is 0 Å². The van der Waals surface area contributed by atoms with Gasteiger partial charge in [0.1, 0.15) is 6.07 Å². The molecule has 0 aliphatic heterocycles. The van der Waals surface area contributed by atoms with Crippen molar-refractivity contribution in [1.82, 2.24) is 0 Å². The van der Waals surface area contributed by atoms with Crippen LogP contribution in [-0.4, -0.2) is 6.04 Å². The maximum absolute atomic E-state index is 8.94. The lowest BCUT2D eigenvalue weighted by Gasteiger charge is -2.19. The Morgan fingerprint density at radius 3 is 2.88 bits per heavy atom. The summed E-state index contributed by atoms with van der Waals surface area (Å²) in [7, 11) is 0. The summed E-state index contributed by atoms with van der Waals surface area (Å²) < 4.78 is 0. The summed E-state index contributed by atoms with van der Waals surface area (Å²) in [6.45, 7) is 2.21. The summed E-state index contributed by atoms with van der Waals surface area (Å²) in [6.07, 6.45) is 5.04. The molecule has 1 atom stereocenters. The van der Waals surface area contributed by atoms with E-state index in [1.165, 1.54) is 25.7 Å². The molecular formula is C14H17ClN2. The van der Waals surface area contributed by atoms with E-state index in [2.05, 4.69) is 18.3 Å². The number of halogens is 1. The maximum Gasteiger partial charge on any atom is 0.101 e. The molecule has 90 valence electrons. The number of nitriles is 1. The molecule has 17 heavy (non-hydrogen) atoms. The second kappa shape index (κ2) is 5.42. The Morgan fingerprint density at radius 1 is 1.53 bits per heavy atom. The number of nitrogens with one attached hydrogen (secondary N) is 1. The average Bonchev–Trinajstić information content (AvgIpc) is 3.15. The van der Waals surface area contributed by atoms with Gasteiger partial charge in [0.05, 0.1) is 10.6 Å². The van der Waals surface area contributed by atoms with Crippen LogP contribution in [0, 0.1) is 17.2 Å². The van der Waals surface area contributed by atoms with Gasteiger partial charge in [-0.2, -0.15) is 5.26 Å². The highest BCUT2D eigenvalue weighted by Gasteiger charge is 2.30. The fourth-order valence-electron chi connectivity index (χ4n) is 2.15. The Labute approximate surface area is 108 Å². The fraction of sp³-hybridized carbons (Fsp3) is 0.500. The third-order valence-corrected chi connectivity index (χ3v) is 3.56. The molecule has 1 aliphatic rings. The van der Waals surface area contributed by atoms with Crippen LogP contribution in [0.15, 0.2) is 18.2 Å². The van der Waals surface area contributed by atoms with E-state index in [-0.39, 0.29) is 0 Å². The summed E-state index contributed by atoms with van der Waals surface area (Å²) in [5.41, 5.74) is 1.55. The first-order chi connectivity index (χ1) is 8.24. The zero-order valence-corrected chi connectivity index (χ0v) is 10.8. The molecule has 3 heteroatoms. The number of benzene rings is 1. The summed E-state index contributed by atoms with van der Waals surface area (Å²) in [5.74, 6) is 0.816. The average molecular weight is 249 g/mol. The number of rotatable bonds is 5. The van der Waals surface area contributed by atoms with Gasteiger partial charge in [0.15, 0.2) is 0 Å². The zero-order chi connectivity index (χ0) is 12.3. The van der Waals surface area contributed by atoms with E-state index < -0.39 is 0 Å². The lowest BCUT2D eigenvalue weighted by Crippen LogP contribution is -2.21. The van der Waals surface area contributed by atoms with Gasteiger partial charge in [0, 0.05) is 11.7 Å². The molecule has 0 heterocycles. The fourth-order valence-corrected chi connectivity index (χ4v) is 2.31. The van der Waals surface area contributed by atoms with Crippen molar-refractivity contribution in [2.75, 3.05) is 5.32 Å². The molecule has 0 spiro atoms. The summed E-state index contributed by atoms with van der Waals surface area (Å²) >= 11 is 5.92. The molecule has 1 unspecified atom stereocenters. The lowest BCUT2D eigenvalue weighted by molar-refractivity contribution is 0.578. The van der Waals surface area contributed by atoms with Gasteiger partial charge in [0.2, 0.25) is 0 Å². The van der Waals surface area contributed by atoms with Crippen molar-refractivity contribution in [3.05, 3.63) is 28.8 Å². The molecule has 0 bridgehead atoms. The Kier molecular flexibility index (Phi) is 3.91. The topological polar surface area (TPSA) is 35.8 Å². The van der Waals surface area contributed by atoms with Crippen molar-refractivity contribution in [1.29, 1.82) is 5.26 Å². The van der Waals surface area contributed by atoms with Gasteiger partial charge in [-0.05, 0) is 43.4 Å². The molecule has 1 aliphatic carbocycles. The normalized spacial score (nSPS) is 16.3. The van der Waals surface area contributed by atoms with Crippen LogP contribution in [0.2, 0.25) is 5.02 Å². The molecular weight excluding hydrogens is 232 g/mol. The Bertz CT molecular complexity index is 432.